The van der Waals surface area contributed by atoms with Gasteiger partial charge in [0.05, 0.1) is 24.4 Å². The summed E-state index contributed by atoms with van der Waals surface area (Å²) in [6, 6.07) is 14.9. The van der Waals surface area contributed by atoms with Gasteiger partial charge in [-0.1, -0.05) is 36.4 Å². The minimum atomic E-state index is -0.573. The van der Waals surface area contributed by atoms with Crippen LogP contribution in [0.2, 0.25) is 0 Å². The molecule has 1 unspecified atom stereocenters. The molecule has 2 aliphatic rings. The number of hydrazone groups is 1. The van der Waals surface area contributed by atoms with Gasteiger partial charge in [0, 0.05) is 19.7 Å². The number of aldehydes is 1. The molecule has 2 aliphatic heterocycles. The molecule has 2 heterocycles. The average molecular weight is 419 g/mol. The first-order valence-electron chi connectivity index (χ1n) is 10.1. The number of para-hydroxylation sites is 1. The van der Waals surface area contributed by atoms with Crippen LogP contribution in [0.1, 0.15) is 28.4 Å². The molecule has 160 valence electrons. The number of aliphatic imine (C=N–C) groups is 1. The predicted octanol–water partition coefficient (Wildman–Crippen LogP) is 2.41. The van der Waals surface area contributed by atoms with Crippen LogP contribution < -0.4 is 10.5 Å². The maximum Gasteiger partial charge on any atom is 0.244 e. The lowest BCUT2D eigenvalue weighted by Gasteiger charge is -2.30. The number of carbonyl (C=O) groups is 1. The molecule has 1 atom stereocenters. The summed E-state index contributed by atoms with van der Waals surface area (Å²) in [4.78, 5) is 17.7. The van der Waals surface area contributed by atoms with Gasteiger partial charge in [0.2, 0.25) is 12.1 Å². The first kappa shape index (κ1) is 20.5. The first-order chi connectivity index (χ1) is 15.0. The summed E-state index contributed by atoms with van der Waals surface area (Å²) in [7, 11) is 3.73. The molecule has 0 amide bonds. The number of nitrogens with two attached hydrogens (primary N) is 1. The lowest BCUT2D eigenvalue weighted by molar-refractivity contribution is 0.106. The predicted molar refractivity (Wildman–Crippen MR) is 119 cm³/mol. The molecule has 0 fully saturated rings. The molecule has 4 rings (SSSR count). The standard InChI is InChI=1S/C23H25N5O3/c1-4-30-19-8-6-5-7-17(19)22-26-28(3)23(31-22)20-21(24)27(2)13-18(25-20)16-11-9-15(14-29)10-12-16/h5-12,14,23H,4,13,24H2,1-3H3. The normalized spacial score (nSPS) is 18.5. The Bertz CT molecular complexity index is 1070. The van der Waals surface area contributed by atoms with Crippen molar-refractivity contribution in [3.05, 3.63) is 76.7 Å². The molecule has 31 heavy (non-hydrogen) atoms. The topological polar surface area (TPSA) is 92.8 Å². The molecule has 0 spiro atoms. The Morgan fingerprint density at radius 3 is 2.65 bits per heavy atom. The van der Waals surface area contributed by atoms with E-state index in [1.54, 1.807) is 17.1 Å². The van der Waals surface area contributed by atoms with Crippen molar-refractivity contribution >= 4 is 17.9 Å². The first-order valence-corrected chi connectivity index (χ1v) is 10.1. The van der Waals surface area contributed by atoms with Crippen LogP contribution >= 0.6 is 0 Å². The molecular weight excluding hydrogens is 394 g/mol. The fraction of sp³-hybridized carbons (Fsp3) is 0.261. The Balaban J connectivity index is 1.64. The Hall–Kier alpha value is -3.81. The Labute approximate surface area is 181 Å². The van der Waals surface area contributed by atoms with E-state index in [2.05, 4.69) is 5.10 Å². The highest BCUT2D eigenvalue weighted by Crippen LogP contribution is 2.29. The van der Waals surface area contributed by atoms with E-state index >= 15 is 0 Å². The van der Waals surface area contributed by atoms with Crippen LogP contribution in [0.4, 0.5) is 0 Å². The second kappa shape index (κ2) is 8.51. The fourth-order valence-electron chi connectivity index (χ4n) is 3.51. The molecule has 8 heteroatoms. The molecular formula is C23H25N5O3. The fourth-order valence-corrected chi connectivity index (χ4v) is 3.51. The number of rotatable bonds is 6. The average Bonchev–Trinajstić information content (AvgIpc) is 3.17. The summed E-state index contributed by atoms with van der Waals surface area (Å²) in [6.45, 7) is 3.03. The highest BCUT2D eigenvalue weighted by molar-refractivity contribution is 6.04. The zero-order valence-electron chi connectivity index (χ0n) is 17.8. The van der Waals surface area contributed by atoms with Crippen molar-refractivity contribution in [2.45, 2.75) is 13.2 Å². The molecule has 0 saturated heterocycles. The monoisotopic (exact) mass is 419 g/mol. The van der Waals surface area contributed by atoms with Crippen LogP contribution in [0.15, 0.2) is 70.1 Å². The summed E-state index contributed by atoms with van der Waals surface area (Å²) in [5.41, 5.74) is 10.1. The summed E-state index contributed by atoms with van der Waals surface area (Å²) >= 11 is 0. The van der Waals surface area contributed by atoms with Crippen molar-refractivity contribution in [2.75, 3.05) is 27.2 Å². The Morgan fingerprint density at radius 1 is 1.19 bits per heavy atom. The van der Waals surface area contributed by atoms with Crippen LogP contribution in [0.5, 0.6) is 5.75 Å². The number of likely N-dealkylation sites (N-methyl/N-ethyl adjacent to an activating group) is 2. The van der Waals surface area contributed by atoms with E-state index < -0.39 is 6.23 Å². The Morgan fingerprint density at radius 2 is 1.94 bits per heavy atom. The molecule has 0 aliphatic carbocycles. The third kappa shape index (κ3) is 3.96. The van der Waals surface area contributed by atoms with Gasteiger partial charge < -0.3 is 20.1 Å². The molecule has 0 radical (unpaired) electrons. The summed E-state index contributed by atoms with van der Waals surface area (Å²) < 4.78 is 11.9. The van der Waals surface area contributed by atoms with E-state index in [0.29, 0.717) is 41.9 Å². The van der Waals surface area contributed by atoms with E-state index in [4.69, 9.17) is 20.2 Å². The molecule has 8 nitrogen and oxygen atoms in total. The highest BCUT2D eigenvalue weighted by atomic mass is 16.5. The van der Waals surface area contributed by atoms with E-state index in [9.17, 15) is 4.79 Å². The number of benzene rings is 2. The van der Waals surface area contributed by atoms with Gasteiger partial charge >= 0.3 is 0 Å². The lowest BCUT2D eigenvalue weighted by atomic mass is 10.1. The third-order valence-electron chi connectivity index (χ3n) is 5.16. The van der Waals surface area contributed by atoms with Crippen LogP contribution in [0.3, 0.4) is 0 Å². The second-order valence-electron chi connectivity index (χ2n) is 7.30. The molecule has 2 N–H and O–H groups in total. The van der Waals surface area contributed by atoms with Gasteiger partial charge in [0.25, 0.3) is 0 Å². The maximum atomic E-state index is 11.0. The number of nitrogens with zero attached hydrogens (tertiary/aromatic N) is 4. The van der Waals surface area contributed by atoms with E-state index in [-0.39, 0.29) is 0 Å². The van der Waals surface area contributed by atoms with Crippen molar-refractivity contribution in [3.63, 3.8) is 0 Å². The zero-order valence-corrected chi connectivity index (χ0v) is 17.8. The lowest BCUT2D eigenvalue weighted by Crippen LogP contribution is -2.39. The number of ether oxygens (including phenoxy) is 2. The minimum absolute atomic E-state index is 0.456. The van der Waals surface area contributed by atoms with E-state index in [1.165, 1.54) is 0 Å². The Kier molecular flexibility index (Phi) is 5.62. The quantitative estimate of drug-likeness (QED) is 0.723. The number of hydrogen-bond acceptors (Lipinski definition) is 8. The van der Waals surface area contributed by atoms with Crippen LogP contribution in [-0.4, -0.2) is 61.3 Å². The molecule has 0 aromatic heterocycles. The van der Waals surface area contributed by atoms with Crippen LogP contribution in [0.25, 0.3) is 0 Å². The van der Waals surface area contributed by atoms with Gasteiger partial charge in [-0.3, -0.25) is 9.80 Å². The van der Waals surface area contributed by atoms with Gasteiger partial charge in [0.1, 0.15) is 23.6 Å². The minimum Gasteiger partial charge on any atom is -0.493 e. The van der Waals surface area contributed by atoms with Crippen LogP contribution in [-0.2, 0) is 4.74 Å². The largest absolute Gasteiger partial charge is 0.493 e. The third-order valence-corrected chi connectivity index (χ3v) is 5.16. The maximum absolute atomic E-state index is 11.0. The second-order valence-corrected chi connectivity index (χ2v) is 7.30. The zero-order chi connectivity index (χ0) is 22.0. The van der Waals surface area contributed by atoms with Crippen molar-refractivity contribution in [2.24, 2.45) is 15.8 Å². The van der Waals surface area contributed by atoms with Crippen molar-refractivity contribution in [3.8, 4) is 5.75 Å². The molecule has 0 saturated carbocycles. The summed E-state index contributed by atoms with van der Waals surface area (Å²) in [6.07, 6.45) is 0.249. The van der Waals surface area contributed by atoms with Gasteiger partial charge in [0.15, 0.2) is 0 Å². The smallest absolute Gasteiger partial charge is 0.244 e. The van der Waals surface area contributed by atoms with Gasteiger partial charge in [-0.05, 0) is 24.6 Å². The van der Waals surface area contributed by atoms with Crippen molar-refractivity contribution in [1.82, 2.24) is 9.91 Å². The van der Waals surface area contributed by atoms with E-state index in [0.717, 1.165) is 23.1 Å². The molecule has 2 aromatic carbocycles. The van der Waals surface area contributed by atoms with Gasteiger partial charge in [-0.15, -0.1) is 5.10 Å². The molecule has 0 bridgehead atoms. The van der Waals surface area contributed by atoms with Gasteiger partial charge in [-0.25, -0.2) is 4.99 Å². The summed E-state index contributed by atoms with van der Waals surface area (Å²) in [5.74, 6) is 1.69. The summed E-state index contributed by atoms with van der Waals surface area (Å²) in [5, 5.41) is 6.27. The highest BCUT2D eigenvalue weighted by Gasteiger charge is 2.35. The SMILES string of the molecule is CCOc1ccccc1C1=NN(C)C(C2=C(N)N(C)CC(c3ccc(C=O)cc3)=N2)O1. The number of hydrogen-bond donors (Lipinski definition) is 1. The van der Waals surface area contributed by atoms with E-state index in [1.807, 2.05) is 62.3 Å². The van der Waals surface area contributed by atoms with Crippen molar-refractivity contribution in [1.29, 1.82) is 0 Å². The number of carbonyl (C=O) groups excluding carboxylic acids is 1. The molecule has 2 aromatic rings. The van der Waals surface area contributed by atoms with Gasteiger partial charge in [-0.2, -0.15) is 0 Å². The van der Waals surface area contributed by atoms with Crippen LogP contribution in [0, 0.1) is 0 Å². The van der Waals surface area contributed by atoms with Crippen molar-refractivity contribution < 1.29 is 14.3 Å².